The van der Waals surface area contributed by atoms with E-state index in [9.17, 15) is 39.5 Å². The van der Waals surface area contributed by atoms with Crippen LogP contribution in [0.5, 0.6) is 0 Å². The Kier molecular flexibility index (Phi) is 6.06. The maximum Gasteiger partial charge on any atom is 0.416 e. The second kappa shape index (κ2) is 7.85. The Labute approximate surface area is 159 Å². The van der Waals surface area contributed by atoms with Gasteiger partial charge in [0.1, 0.15) is 6.54 Å². The van der Waals surface area contributed by atoms with E-state index in [4.69, 9.17) is 6.57 Å². The third-order valence-electron chi connectivity index (χ3n) is 3.77. The summed E-state index contributed by atoms with van der Waals surface area (Å²) in [6, 6.07) is 5.48. The molecule has 0 radical (unpaired) electrons. The average molecular weight is 426 g/mol. The molecule has 0 spiro atoms. The van der Waals surface area contributed by atoms with Crippen molar-refractivity contribution in [1.29, 1.82) is 0 Å². The van der Waals surface area contributed by atoms with Crippen molar-refractivity contribution < 1.29 is 39.5 Å². The number of halogens is 9. The molecule has 0 saturated carbocycles. The summed E-state index contributed by atoms with van der Waals surface area (Å²) in [6.07, 6.45) is -14.6. The van der Waals surface area contributed by atoms with Crippen LogP contribution in [0.15, 0.2) is 42.5 Å². The van der Waals surface area contributed by atoms with Crippen LogP contribution in [0, 0.1) is 6.57 Å². The summed E-state index contributed by atoms with van der Waals surface area (Å²) in [5.41, 5.74) is -4.03. The minimum Gasteiger partial charge on any atom is -0.358 e. The largest absolute Gasteiger partial charge is 0.416 e. The normalized spacial score (nSPS) is 12.6. The highest BCUT2D eigenvalue weighted by Gasteiger charge is 2.36. The molecule has 0 amide bonds. The molecule has 29 heavy (non-hydrogen) atoms. The summed E-state index contributed by atoms with van der Waals surface area (Å²) in [5.74, 6) is 0. The Balaban J connectivity index is 2.49. The van der Waals surface area contributed by atoms with E-state index in [2.05, 4.69) is 4.85 Å². The first-order valence-electron chi connectivity index (χ1n) is 7.77. The van der Waals surface area contributed by atoms with Gasteiger partial charge in [0.05, 0.1) is 17.7 Å². The molecule has 0 aliphatic carbocycles. The van der Waals surface area contributed by atoms with Crippen molar-refractivity contribution in [2.45, 2.75) is 25.1 Å². The second-order valence-electron chi connectivity index (χ2n) is 5.98. The Morgan fingerprint density at radius 1 is 0.828 bits per heavy atom. The minimum absolute atomic E-state index is 0.174. The molecule has 2 rings (SSSR count). The molecule has 0 aromatic heterocycles. The molecule has 156 valence electrons. The Morgan fingerprint density at radius 2 is 1.48 bits per heavy atom. The Bertz CT molecular complexity index is 905. The van der Waals surface area contributed by atoms with Crippen molar-refractivity contribution in [3.8, 4) is 0 Å². The molecule has 2 nitrogen and oxygen atoms in total. The molecule has 11 heteroatoms. The fraction of sp³-hybridized carbons (Fsp3) is 0.278. The van der Waals surface area contributed by atoms with E-state index in [0.29, 0.717) is 17.0 Å². The number of hydrogen-bond donors (Lipinski definition) is 0. The van der Waals surface area contributed by atoms with E-state index in [0.717, 1.165) is 30.3 Å². The topological polar surface area (TPSA) is 7.60 Å². The maximum atomic E-state index is 13.1. The smallest absolute Gasteiger partial charge is 0.358 e. The van der Waals surface area contributed by atoms with Crippen LogP contribution in [-0.4, -0.2) is 12.7 Å². The molecule has 2 aromatic carbocycles. The van der Waals surface area contributed by atoms with Crippen molar-refractivity contribution in [3.05, 3.63) is 70.6 Å². The van der Waals surface area contributed by atoms with Crippen LogP contribution in [-0.2, 0) is 18.9 Å². The molecule has 2 aromatic rings. The minimum atomic E-state index is -4.99. The van der Waals surface area contributed by atoms with E-state index in [1.54, 1.807) is 0 Å². The number of nitrogens with zero attached hydrogens (tertiary/aromatic N) is 2. The zero-order valence-electron chi connectivity index (χ0n) is 14.3. The van der Waals surface area contributed by atoms with Gasteiger partial charge in [0.15, 0.2) is 5.69 Å². The highest BCUT2D eigenvalue weighted by atomic mass is 19.4. The third kappa shape index (κ3) is 6.04. The third-order valence-corrected chi connectivity index (χ3v) is 3.77. The Morgan fingerprint density at radius 3 is 2.00 bits per heavy atom. The van der Waals surface area contributed by atoms with Crippen LogP contribution in [0.3, 0.4) is 0 Å². The number of alkyl halides is 9. The number of hydrogen-bond acceptors (Lipinski definition) is 1. The molecule has 0 aliphatic rings. The molecule has 0 atom stereocenters. The predicted molar refractivity (Wildman–Crippen MR) is 86.3 cm³/mol. The standard InChI is InChI=1S/C18H11F9N2/c1-28-15-6-5-13(8-14(15)18(25,26)27)29(10-16(19,20)21)9-11-3-2-4-12(7-11)17(22,23)24/h2-8H,9-10H2. The second-order valence-corrected chi connectivity index (χ2v) is 5.98. The first-order chi connectivity index (χ1) is 13.2. The van der Waals surface area contributed by atoms with Crippen molar-refractivity contribution in [1.82, 2.24) is 0 Å². The van der Waals surface area contributed by atoms with Crippen molar-refractivity contribution in [3.63, 3.8) is 0 Å². The highest BCUT2D eigenvalue weighted by Crippen LogP contribution is 2.39. The monoisotopic (exact) mass is 426 g/mol. The quantitative estimate of drug-likeness (QED) is 0.384. The lowest BCUT2D eigenvalue weighted by Gasteiger charge is -2.27. The highest BCUT2D eigenvalue weighted by molar-refractivity contribution is 5.62. The molecule has 0 heterocycles. The molecule has 0 fully saturated rings. The molecule has 0 bridgehead atoms. The van der Waals surface area contributed by atoms with Gasteiger partial charge >= 0.3 is 18.5 Å². The van der Waals surface area contributed by atoms with Crippen LogP contribution in [0.4, 0.5) is 50.9 Å². The lowest BCUT2D eigenvalue weighted by atomic mass is 10.1. The van der Waals surface area contributed by atoms with E-state index in [1.807, 2.05) is 0 Å². The van der Waals surface area contributed by atoms with Gasteiger partial charge in [-0.1, -0.05) is 18.2 Å². The number of benzene rings is 2. The van der Waals surface area contributed by atoms with E-state index >= 15 is 0 Å². The summed E-state index contributed by atoms with van der Waals surface area (Å²) in [4.78, 5) is 3.17. The molecule has 0 unspecified atom stereocenters. The summed E-state index contributed by atoms with van der Waals surface area (Å²) < 4.78 is 117. The van der Waals surface area contributed by atoms with Crippen LogP contribution in [0.25, 0.3) is 4.85 Å². The fourth-order valence-corrected chi connectivity index (χ4v) is 2.57. The van der Waals surface area contributed by atoms with Gasteiger partial charge < -0.3 is 4.90 Å². The van der Waals surface area contributed by atoms with Gasteiger partial charge in [0.2, 0.25) is 0 Å². The molecular formula is C18H11F9N2. The van der Waals surface area contributed by atoms with Crippen LogP contribution >= 0.6 is 0 Å². The predicted octanol–water partition coefficient (Wildman–Crippen LogP) is 6.84. The summed E-state index contributed by atoms with van der Waals surface area (Å²) in [5, 5.41) is 0. The Hall–Kier alpha value is -2.90. The molecule has 0 N–H and O–H groups in total. The first-order valence-corrected chi connectivity index (χ1v) is 7.77. The lowest BCUT2D eigenvalue weighted by molar-refractivity contribution is -0.138. The van der Waals surface area contributed by atoms with Crippen LogP contribution in [0.1, 0.15) is 16.7 Å². The van der Waals surface area contributed by atoms with Crippen molar-refractivity contribution in [2.24, 2.45) is 0 Å². The van der Waals surface area contributed by atoms with Crippen molar-refractivity contribution >= 4 is 11.4 Å². The average Bonchev–Trinajstić information content (AvgIpc) is 2.58. The number of anilines is 1. The van der Waals surface area contributed by atoms with Gasteiger partial charge in [-0.15, -0.1) is 0 Å². The summed E-state index contributed by atoms with van der Waals surface area (Å²) in [6.45, 7) is 4.35. The van der Waals surface area contributed by atoms with Gasteiger partial charge in [-0.3, -0.25) is 0 Å². The first kappa shape index (κ1) is 22.4. The molecular weight excluding hydrogens is 415 g/mol. The zero-order chi connectivity index (χ0) is 22.0. The van der Waals surface area contributed by atoms with Crippen LogP contribution < -0.4 is 4.90 Å². The molecule has 0 saturated heterocycles. The fourth-order valence-electron chi connectivity index (χ4n) is 2.57. The zero-order valence-corrected chi connectivity index (χ0v) is 14.3. The SMILES string of the molecule is [C-]#[N+]c1ccc(N(Cc2cccc(C(F)(F)F)c2)CC(F)(F)F)cc1C(F)(F)F. The van der Waals surface area contributed by atoms with E-state index < -0.39 is 54.1 Å². The van der Waals surface area contributed by atoms with Gasteiger partial charge in [0, 0.05) is 12.2 Å². The summed E-state index contributed by atoms with van der Waals surface area (Å²) in [7, 11) is 0. The van der Waals surface area contributed by atoms with Gasteiger partial charge in [-0.2, -0.15) is 39.5 Å². The van der Waals surface area contributed by atoms with Crippen LogP contribution in [0.2, 0.25) is 0 Å². The van der Waals surface area contributed by atoms with E-state index in [1.165, 1.54) is 0 Å². The van der Waals surface area contributed by atoms with Crippen molar-refractivity contribution in [2.75, 3.05) is 11.4 Å². The van der Waals surface area contributed by atoms with Gasteiger partial charge in [-0.05, 0) is 29.8 Å². The number of rotatable bonds is 4. The van der Waals surface area contributed by atoms with Gasteiger partial charge in [-0.25, -0.2) is 4.85 Å². The lowest BCUT2D eigenvalue weighted by Crippen LogP contribution is -2.34. The summed E-state index contributed by atoms with van der Waals surface area (Å²) >= 11 is 0. The maximum absolute atomic E-state index is 13.1. The molecule has 0 aliphatic heterocycles. The van der Waals surface area contributed by atoms with E-state index in [-0.39, 0.29) is 5.56 Å². The van der Waals surface area contributed by atoms with Gasteiger partial charge in [0.25, 0.3) is 0 Å².